The van der Waals surface area contributed by atoms with E-state index in [0.29, 0.717) is 6.54 Å². The van der Waals surface area contributed by atoms with Crippen molar-refractivity contribution < 1.29 is 0 Å². The molecule has 0 unspecified atom stereocenters. The van der Waals surface area contributed by atoms with Crippen molar-refractivity contribution in [3.8, 4) is 0 Å². The minimum atomic E-state index is -0.0633. The molecule has 0 atom stereocenters. The highest BCUT2D eigenvalue weighted by molar-refractivity contribution is 5.42. The van der Waals surface area contributed by atoms with Gasteiger partial charge < -0.3 is 5.73 Å². The van der Waals surface area contributed by atoms with Crippen LogP contribution in [0.1, 0.15) is 27.2 Å². The average molecular weight is 155 g/mol. The molecule has 0 amide bonds. The SMILES string of the molecule is CC(C)(C)N=C=NCCCN. The lowest BCUT2D eigenvalue weighted by Crippen LogP contribution is -2.08. The van der Waals surface area contributed by atoms with E-state index in [4.69, 9.17) is 5.73 Å². The van der Waals surface area contributed by atoms with Gasteiger partial charge in [-0.05, 0) is 33.7 Å². The normalized spacial score (nSPS) is 10.5. The zero-order chi connectivity index (χ0) is 8.74. The van der Waals surface area contributed by atoms with Gasteiger partial charge in [0.15, 0.2) is 0 Å². The van der Waals surface area contributed by atoms with Gasteiger partial charge in [-0.3, -0.25) is 0 Å². The fraction of sp³-hybridized carbons (Fsp3) is 0.875. The molecule has 3 nitrogen and oxygen atoms in total. The Hall–Kier alpha value is -0.660. The molecule has 0 heterocycles. The van der Waals surface area contributed by atoms with Crippen LogP contribution in [0.25, 0.3) is 0 Å². The van der Waals surface area contributed by atoms with E-state index in [-0.39, 0.29) is 5.54 Å². The molecule has 0 aromatic carbocycles. The van der Waals surface area contributed by atoms with E-state index in [1.165, 1.54) is 0 Å². The van der Waals surface area contributed by atoms with Gasteiger partial charge in [0.25, 0.3) is 0 Å². The third-order valence-electron chi connectivity index (χ3n) is 0.930. The van der Waals surface area contributed by atoms with Crippen LogP contribution < -0.4 is 5.73 Å². The molecule has 0 aliphatic rings. The van der Waals surface area contributed by atoms with Crippen LogP contribution in [0.3, 0.4) is 0 Å². The second-order valence-electron chi connectivity index (χ2n) is 3.41. The van der Waals surface area contributed by atoms with E-state index in [2.05, 4.69) is 16.0 Å². The van der Waals surface area contributed by atoms with E-state index >= 15 is 0 Å². The van der Waals surface area contributed by atoms with Crippen molar-refractivity contribution in [2.75, 3.05) is 13.1 Å². The summed E-state index contributed by atoms with van der Waals surface area (Å²) in [4.78, 5) is 8.02. The van der Waals surface area contributed by atoms with Crippen LogP contribution in [-0.2, 0) is 0 Å². The van der Waals surface area contributed by atoms with Gasteiger partial charge in [0.1, 0.15) is 0 Å². The molecule has 0 fully saturated rings. The Morgan fingerprint density at radius 3 is 2.45 bits per heavy atom. The van der Waals surface area contributed by atoms with Gasteiger partial charge in [-0.1, -0.05) is 0 Å². The summed E-state index contributed by atoms with van der Waals surface area (Å²) in [5.41, 5.74) is 5.21. The van der Waals surface area contributed by atoms with Crippen LogP contribution >= 0.6 is 0 Å². The summed E-state index contributed by atoms with van der Waals surface area (Å²) in [6, 6.07) is 2.65. The fourth-order valence-electron chi connectivity index (χ4n) is 0.406. The standard InChI is InChI=1S/C8H17N3/c1-8(2,3)11-7-10-6-4-5-9/h4-6,9H2,1-3H3. The smallest absolute Gasteiger partial charge is 0.0898 e. The summed E-state index contributed by atoms with van der Waals surface area (Å²) < 4.78 is 0. The number of hydrogen-bond donors (Lipinski definition) is 1. The predicted octanol–water partition coefficient (Wildman–Crippen LogP) is 1.31. The van der Waals surface area contributed by atoms with Crippen LogP contribution in [0.2, 0.25) is 0 Å². The summed E-state index contributed by atoms with van der Waals surface area (Å²) in [5.74, 6) is 0. The maximum atomic E-state index is 5.28. The minimum Gasteiger partial charge on any atom is -0.330 e. The van der Waals surface area contributed by atoms with Crippen molar-refractivity contribution in [3.63, 3.8) is 0 Å². The van der Waals surface area contributed by atoms with Crippen LogP contribution in [0.5, 0.6) is 0 Å². The lowest BCUT2D eigenvalue weighted by atomic mass is 10.1. The van der Waals surface area contributed by atoms with Crippen LogP contribution in [-0.4, -0.2) is 24.6 Å². The zero-order valence-corrected chi connectivity index (χ0v) is 7.59. The van der Waals surface area contributed by atoms with Gasteiger partial charge in [0, 0.05) is 0 Å². The molecular weight excluding hydrogens is 138 g/mol. The third-order valence-corrected chi connectivity index (χ3v) is 0.930. The molecule has 0 rings (SSSR count). The molecule has 0 saturated carbocycles. The zero-order valence-electron chi connectivity index (χ0n) is 7.59. The molecule has 2 N–H and O–H groups in total. The second kappa shape index (κ2) is 5.05. The van der Waals surface area contributed by atoms with Gasteiger partial charge in [-0.2, -0.15) is 0 Å². The van der Waals surface area contributed by atoms with Crippen molar-refractivity contribution >= 4 is 6.01 Å². The first-order chi connectivity index (χ1) is 5.06. The van der Waals surface area contributed by atoms with Crippen molar-refractivity contribution in [1.29, 1.82) is 0 Å². The Kier molecular flexibility index (Phi) is 4.75. The van der Waals surface area contributed by atoms with Gasteiger partial charge in [-0.25, -0.2) is 9.98 Å². The minimum absolute atomic E-state index is 0.0633. The van der Waals surface area contributed by atoms with Crippen molar-refractivity contribution in [3.05, 3.63) is 0 Å². The first kappa shape index (κ1) is 10.3. The van der Waals surface area contributed by atoms with Gasteiger partial charge in [0.05, 0.1) is 18.1 Å². The first-order valence-corrected chi connectivity index (χ1v) is 3.90. The molecule has 64 valence electrons. The molecule has 0 aliphatic heterocycles. The first-order valence-electron chi connectivity index (χ1n) is 3.90. The maximum absolute atomic E-state index is 5.28. The van der Waals surface area contributed by atoms with E-state index < -0.39 is 0 Å². The summed E-state index contributed by atoms with van der Waals surface area (Å²) in [5, 5.41) is 0. The molecule has 0 aromatic heterocycles. The van der Waals surface area contributed by atoms with E-state index in [1.807, 2.05) is 20.8 Å². The molecule has 0 saturated heterocycles. The van der Waals surface area contributed by atoms with Crippen molar-refractivity contribution in [2.24, 2.45) is 15.7 Å². The maximum Gasteiger partial charge on any atom is 0.0898 e. The summed E-state index contributed by atoms with van der Waals surface area (Å²) in [7, 11) is 0. The summed E-state index contributed by atoms with van der Waals surface area (Å²) >= 11 is 0. The molecule has 0 bridgehead atoms. The number of nitrogens with two attached hydrogens (primary N) is 1. The molecule has 0 aliphatic carbocycles. The number of hydrogen-bond acceptors (Lipinski definition) is 3. The van der Waals surface area contributed by atoms with E-state index in [1.54, 1.807) is 0 Å². The molecule has 0 radical (unpaired) electrons. The number of aliphatic imine (C=N–C) groups is 2. The van der Waals surface area contributed by atoms with Gasteiger partial charge in [-0.15, -0.1) is 0 Å². The molecule has 11 heavy (non-hydrogen) atoms. The highest BCUT2D eigenvalue weighted by Gasteiger charge is 2.03. The van der Waals surface area contributed by atoms with Gasteiger partial charge >= 0.3 is 0 Å². The van der Waals surface area contributed by atoms with Crippen LogP contribution in [0, 0.1) is 0 Å². The second-order valence-corrected chi connectivity index (χ2v) is 3.41. The van der Waals surface area contributed by atoms with Gasteiger partial charge in [0.2, 0.25) is 0 Å². The Morgan fingerprint density at radius 2 is 2.00 bits per heavy atom. The summed E-state index contributed by atoms with van der Waals surface area (Å²) in [6.07, 6.45) is 0.909. The van der Waals surface area contributed by atoms with Crippen molar-refractivity contribution in [2.45, 2.75) is 32.7 Å². The Morgan fingerprint density at radius 1 is 1.36 bits per heavy atom. The fourth-order valence-corrected chi connectivity index (χ4v) is 0.406. The number of nitrogens with zero attached hydrogens (tertiary/aromatic N) is 2. The monoisotopic (exact) mass is 155 g/mol. The quantitative estimate of drug-likeness (QED) is 0.485. The molecule has 0 aromatic rings. The van der Waals surface area contributed by atoms with Crippen LogP contribution in [0.15, 0.2) is 9.98 Å². The van der Waals surface area contributed by atoms with Crippen LogP contribution in [0.4, 0.5) is 0 Å². The predicted molar refractivity (Wildman–Crippen MR) is 48.2 cm³/mol. The largest absolute Gasteiger partial charge is 0.330 e. The Bertz CT molecular complexity index is 149. The highest BCUT2D eigenvalue weighted by Crippen LogP contribution is 2.03. The van der Waals surface area contributed by atoms with E-state index in [9.17, 15) is 0 Å². The average Bonchev–Trinajstić information content (AvgIpc) is 1.85. The van der Waals surface area contributed by atoms with E-state index in [0.717, 1.165) is 13.0 Å². The molecule has 3 heteroatoms. The Labute approximate surface area is 68.4 Å². The topological polar surface area (TPSA) is 50.7 Å². The lowest BCUT2D eigenvalue weighted by Gasteiger charge is -2.06. The molecule has 0 spiro atoms. The third kappa shape index (κ3) is 9.34. The summed E-state index contributed by atoms with van der Waals surface area (Å²) in [6.45, 7) is 7.45. The lowest BCUT2D eigenvalue weighted by molar-refractivity contribution is 0.586. The highest BCUT2D eigenvalue weighted by atomic mass is 14.9. The number of rotatable bonds is 3. The molecular formula is C8H17N3. The Balaban J connectivity index is 3.64. The van der Waals surface area contributed by atoms with Crippen molar-refractivity contribution in [1.82, 2.24) is 0 Å².